The van der Waals surface area contributed by atoms with E-state index in [0.717, 1.165) is 4.90 Å². The Morgan fingerprint density at radius 1 is 1.03 bits per heavy atom. The Balaban J connectivity index is 1.37. The van der Waals surface area contributed by atoms with Gasteiger partial charge < -0.3 is 10.2 Å². The molecule has 2 aliphatic heterocycles. The Bertz CT molecular complexity index is 1140. The topological polar surface area (TPSA) is 86.8 Å². The molecule has 7 nitrogen and oxygen atoms in total. The number of carbonyl (C=O) groups excluding carboxylic acids is 4. The van der Waals surface area contributed by atoms with Gasteiger partial charge in [-0.3, -0.25) is 24.1 Å². The standard InChI is InChI=1S/C27H30FN3O4/c1-16(2)23(31-25(33)20-6-4-5-7-21(20)26(31)34)27(35)30-12-10-19(11-13-30)24(32)29-15-18-9-8-17(3)22(28)14-18/h4-9,14,16,19,23H,10-13,15H2,1-3H3,(H,29,32). The lowest BCUT2D eigenvalue weighted by molar-refractivity contribution is -0.140. The molecule has 4 amide bonds. The maximum absolute atomic E-state index is 13.7. The zero-order valence-electron chi connectivity index (χ0n) is 20.2. The highest BCUT2D eigenvalue weighted by atomic mass is 19.1. The molecule has 2 aromatic carbocycles. The molecule has 0 aliphatic carbocycles. The molecule has 0 spiro atoms. The Kier molecular flexibility index (Phi) is 7.00. The third-order valence-electron chi connectivity index (χ3n) is 6.87. The fourth-order valence-corrected chi connectivity index (χ4v) is 4.78. The van der Waals surface area contributed by atoms with Gasteiger partial charge in [0.05, 0.1) is 11.1 Å². The Labute approximate surface area is 204 Å². The lowest BCUT2D eigenvalue weighted by atomic mass is 9.93. The first-order valence-electron chi connectivity index (χ1n) is 12.0. The zero-order chi connectivity index (χ0) is 25.3. The highest BCUT2D eigenvalue weighted by Crippen LogP contribution is 2.29. The van der Waals surface area contributed by atoms with Crippen LogP contribution in [0.4, 0.5) is 4.39 Å². The monoisotopic (exact) mass is 479 g/mol. The van der Waals surface area contributed by atoms with Crippen LogP contribution in [-0.2, 0) is 16.1 Å². The van der Waals surface area contributed by atoms with Crippen LogP contribution < -0.4 is 5.32 Å². The highest BCUT2D eigenvalue weighted by molar-refractivity contribution is 6.22. The lowest BCUT2D eigenvalue weighted by Gasteiger charge is -2.37. The normalized spacial score (nSPS) is 17.1. The second kappa shape index (κ2) is 9.98. The average molecular weight is 480 g/mol. The molecule has 1 unspecified atom stereocenters. The summed E-state index contributed by atoms with van der Waals surface area (Å²) in [7, 11) is 0. The molecular formula is C27H30FN3O4. The molecule has 2 aromatic rings. The van der Waals surface area contributed by atoms with Crippen LogP contribution in [0.3, 0.4) is 0 Å². The molecule has 2 aliphatic rings. The zero-order valence-corrected chi connectivity index (χ0v) is 20.2. The SMILES string of the molecule is Cc1ccc(CNC(=O)C2CCN(C(=O)C(C(C)C)N3C(=O)c4ccccc4C3=O)CC2)cc1F. The number of piperidine rings is 1. The molecule has 4 rings (SSSR count). The van der Waals surface area contributed by atoms with E-state index in [2.05, 4.69) is 5.32 Å². The Morgan fingerprint density at radius 2 is 1.63 bits per heavy atom. The minimum Gasteiger partial charge on any atom is -0.352 e. The van der Waals surface area contributed by atoms with Gasteiger partial charge in [-0.2, -0.15) is 0 Å². The first-order chi connectivity index (χ1) is 16.7. The first kappa shape index (κ1) is 24.6. The summed E-state index contributed by atoms with van der Waals surface area (Å²) in [5.41, 5.74) is 1.88. The fourth-order valence-electron chi connectivity index (χ4n) is 4.78. The molecule has 1 fully saturated rings. The van der Waals surface area contributed by atoms with Crippen LogP contribution in [0.15, 0.2) is 42.5 Å². The van der Waals surface area contributed by atoms with Gasteiger partial charge in [0.25, 0.3) is 11.8 Å². The van der Waals surface area contributed by atoms with Gasteiger partial charge in [0.2, 0.25) is 11.8 Å². The summed E-state index contributed by atoms with van der Waals surface area (Å²) >= 11 is 0. The number of amides is 4. The van der Waals surface area contributed by atoms with Crippen LogP contribution in [0.25, 0.3) is 0 Å². The Morgan fingerprint density at radius 3 is 2.17 bits per heavy atom. The predicted molar refractivity (Wildman–Crippen MR) is 128 cm³/mol. The number of hydrogen-bond acceptors (Lipinski definition) is 4. The van der Waals surface area contributed by atoms with Gasteiger partial charge >= 0.3 is 0 Å². The van der Waals surface area contributed by atoms with E-state index in [1.54, 1.807) is 48.2 Å². The van der Waals surface area contributed by atoms with E-state index in [9.17, 15) is 23.6 Å². The maximum atomic E-state index is 13.7. The predicted octanol–water partition coefficient (Wildman–Crippen LogP) is 3.31. The van der Waals surface area contributed by atoms with Gasteiger partial charge in [0.1, 0.15) is 11.9 Å². The lowest BCUT2D eigenvalue weighted by Crippen LogP contribution is -2.55. The van der Waals surface area contributed by atoms with Crippen molar-refractivity contribution in [3.63, 3.8) is 0 Å². The third-order valence-corrected chi connectivity index (χ3v) is 6.87. The molecule has 1 N–H and O–H groups in total. The van der Waals surface area contributed by atoms with Gasteiger partial charge in [-0.05, 0) is 55.0 Å². The molecular weight excluding hydrogens is 449 g/mol. The molecule has 1 saturated heterocycles. The van der Waals surface area contributed by atoms with Gasteiger partial charge in [0.15, 0.2) is 0 Å². The van der Waals surface area contributed by atoms with E-state index >= 15 is 0 Å². The van der Waals surface area contributed by atoms with Crippen molar-refractivity contribution in [3.05, 3.63) is 70.5 Å². The van der Waals surface area contributed by atoms with E-state index in [4.69, 9.17) is 0 Å². The van der Waals surface area contributed by atoms with Crippen molar-refractivity contribution in [2.75, 3.05) is 13.1 Å². The van der Waals surface area contributed by atoms with Crippen LogP contribution in [0.2, 0.25) is 0 Å². The summed E-state index contributed by atoms with van der Waals surface area (Å²) in [5.74, 6) is -2.12. The molecule has 35 heavy (non-hydrogen) atoms. The van der Waals surface area contributed by atoms with E-state index in [1.165, 1.54) is 6.07 Å². The van der Waals surface area contributed by atoms with Crippen LogP contribution in [0, 0.1) is 24.6 Å². The minimum absolute atomic E-state index is 0.126. The molecule has 0 saturated carbocycles. The Hall–Kier alpha value is -3.55. The van der Waals surface area contributed by atoms with Crippen LogP contribution in [0.1, 0.15) is 58.5 Å². The van der Waals surface area contributed by atoms with E-state index in [0.29, 0.717) is 48.2 Å². The number of rotatable bonds is 6. The molecule has 1 atom stereocenters. The number of hydrogen-bond donors (Lipinski definition) is 1. The minimum atomic E-state index is -0.899. The third kappa shape index (κ3) is 4.83. The van der Waals surface area contributed by atoms with E-state index < -0.39 is 17.9 Å². The smallest absolute Gasteiger partial charge is 0.262 e. The number of benzene rings is 2. The number of carbonyl (C=O) groups is 4. The molecule has 0 bridgehead atoms. The summed E-state index contributed by atoms with van der Waals surface area (Å²) in [6.07, 6.45) is 0.958. The van der Waals surface area contributed by atoms with Gasteiger partial charge in [-0.1, -0.05) is 38.1 Å². The number of nitrogens with zero attached hydrogens (tertiary/aromatic N) is 2. The van der Waals surface area contributed by atoms with Gasteiger partial charge in [0, 0.05) is 25.6 Å². The van der Waals surface area contributed by atoms with Gasteiger partial charge in [-0.25, -0.2) is 4.39 Å². The van der Waals surface area contributed by atoms with Crippen molar-refractivity contribution in [1.82, 2.24) is 15.1 Å². The van der Waals surface area contributed by atoms with Crippen molar-refractivity contribution < 1.29 is 23.6 Å². The first-order valence-corrected chi connectivity index (χ1v) is 12.0. The number of nitrogens with one attached hydrogen (secondary N) is 1. The van der Waals surface area contributed by atoms with Crippen molar-refractivity contribution in [3.8, 4) is 0 Å². The van der Waals surface area contributed by atoms with E-state index in [-0.39, 0.29) is 36.0 Å². The largest absolute Gasteiger partial charge is 0.352 e. The second-order valence-corrected chi connectivity index (χ2v) is 9.62. The van der Waals surface area contributed by atoms with Crippen molar-refractivity contribution in [2.45, 2.75) is 46.2 Å². The van der Waals surface area contributed by atoms with Crippen molar-refractivity contribution in [1.29, 1.82) is 0 Å². The maximum Gasteiger partial charge on any atom is 0.262 e. The molecule has 8 heteroatoms. The van der Waals surface area contributed by atoms with Crippen molar-refractivity contribution in [2.24, 2.45) is 11.8 Å². The fraction of sp³-hybridized carbons (Fsp3) is 0.407. The summed E-state index contributed by atoms with van der Waals surface area (Å²) in [5, 5.41) is 2.86. The number of imide groups is 1. The molecule has 0 aromatic heterocycles. The molecule has 184 valence electrons. The molecule has 2 heterocycles. The second-order valence-electron chi connectivity index (χ2n) is 9.62. The number of likely N-dealkylation sites (tertiary alicyclic amines) is 1. The summed E-state index contributed by atoms with van der Waals surface area (Å²) in [6, 6.07) is 10.6. The van der Waals surface area contributed by atoms with Crippen LogP contribution in [0.5, 0.6) is 0 Å². The van der Waals surface area contributed by atoms with Crippen LogP contribution in [-0.4, -0.2) is 52.6 Å². The quantitative estimate of drug-likeness (QED) is 0.644. The van der Waals surface area contributed by atoms with Crippen LogP contribution >= 0.6 is 0 Å². The average Bonchev–Trinajstić information content (AvgIpc) is 3.10. The van der Waals surface area contributed by atoms with E-state index in [1.807, 2.05) is 13.8 Å². The number of aryl methyl sites for hydroxylation is 1. The number of fused-ring (bicyclic) bond motifs is 1. The van der Waals surface area contributed by atoms with Gasteiger partial charge in [-0.15, -0.1) is 0 Å². The molecule has 0 radical (unpaired) electrons. The van der Waals surface area contributed by atoms with Crippen molar-refractivity contribution >= 4 is 23.6 Å². The number of halogens is 1. The highest BCUT2D eigenvalue weighted by Gasteiger charge is 2.45. The summed E-state index contributed by atoms with van der Waals surface area (Å²) in [6.45, 7) is 6.29. The summed E-state index contributed by atoms with van der Waals surface area (Å²) < 4.78 is 13.7. The summed E-state index contributed by atoms with van der Waals surface area (Å²) in [4.78, 5) is 54.8.